The third kappa shape index (κ3) is 2.65. The standard InChI is InChI=1S/C13H25N3O/c14-9-13(3-8-17-11-13)10-15-4-6-16(7-5-15)12-1-2-12/h12H,1-11,14H2. The highest BCUT2D eigenvalue weighted by Crippen LogP contribution is 2.30. The number of rotatable bonds is 4. The molecule has 1 unspecified atom stereocenters. The lowest BCUT2D eigenvalue weighted by Crippen LogP contribution is -2.52. The van der Waals surface area contributed by atoms with E-state index in [2.05, 4.69) is 9.80 Å². The van der Waals surface area contributed by atoms with Crippen molar-refractivity contribution in [3.63, 3.8) is 0 Å². The molecule has 2 N–H and O–H groups in total. The summed E-state index contributed by atoms with van der Waals surface area (Å²) in [5.74, 6) is 0. The Labute approximate surface area is 104 Å². The van der Waals surface area contributed by atoms with E-state index in [0.717, 1.165) is 38.8 Å². The molecule has 0 aromatic rings. The SMILES string of the molecule is NCC1(CN2CCN(C3CC3)CC2)CCOC1. The predicted molar refractivity (Wildman–Crippen MR) is 68.0 cm³/mol. The van der Waals surface area contributed by atoms with Crippen LogP contribution in [-0.2, 0) is 4.74 Å². The van der Waals surface area contributed by atoms with Gasteiger partial charge >= 0.3 is 0 Å². The highest BCUT2D eigenvalue weighted by molar-refractivity contribution is 4.91. The van der Waals surface area contributed by atoms with Gasteiger partial charge in [-0.3, -0.25) is 4.90 Å². The van der Waals surface area contributed by atoms with Gasteiger partial charge in [-0.25, -0.2) is 0 Å². The summed E-state index contributed by atoms with van der Waals surface area (Å²) < 4.78 is 5.55. The maximum atomic E-state index is 5.95. The van der Waals surface area contributed by atoms with E-state index in [1.54, 1.807) is 0 Å². The second-order valence-corrected chi connectivity index (χ2v) is 6.05. The van der Waals surface area contributed by atoms with Crippen LogP contribution in [0.25, 0.3) is 0 Å². The molecule has 2 aliphatic heterocycles. The van der Waals surface area contributed by atoms with Crippen LogP contribution in [0.1, 0.15) is 19.3 Å². The zero-order valence-corrected chi connectivity index (χ0v) is 10.7. The first-order valence-corrected chi connectivity index (χ1v) is 7.06. The van der Waals surface area contributed by atoms with Crippen LogP contribution in [0.5, 0.6) is 0 Å². The first-order chi connectivity index (χ1) is 8.31. The molecule has 3 rings (SSSR count). The van der Waals surface area contributed by atoms with Crippen LogP contribution in [0, 0.1) is 5.41 Å². The first-order valence-electron chi connectivity index (χ1n) is 7.06. The van der Waals surface area contributed by atoms with Crippen LogP contribution in [0.15, 0.2) is 0 Å². The molecule has 2 heterocycles. The fraction of sp³-hybridized carbons (Fsp3) is 1.00. The summed E-state index contributed by atoms with van der Waals surface area (Å²) in [5, 5.41) is 0. The van der Waals surface area contributed by atoms with Crippen LogP contribution in [0.2, 0.25) is 0 Å². The lowest BCUT2D eigenvalue weighted by atomic mass is 9.86. The lowest BCUT2D eigenvalue weighted by Gasteiger charge is -2.39. The number of hydrogen-bond acceptors (Lipinski definition) is 4. The highest BCUT2D eigenvalue weighted by Gasteiger charge is 2.37. The van der Waals surface area contributed by atoms with Crippen LogP contribution in [0.4, 0.5) is 0 Å². The van der Waals surface area contributed by atoms with E-state index in [1.807, 2.05) is 0 Å². The quantitative estimate of drug-likeness (QED) is 0.757. The van der Waals surface area contributed by atoms with Gasteiger partial charge in [0.05, 0.1) is 6.61 Å². The summed E-state index contributed by atoms with van der Waals surface area (Å²) >= 11 is 0. The number of nitrogens with two attached hydrogens (primary N) is 1. The number of piperazine rings is 1. The Hall–Kier alpha value is -0.160. The minimum atomic E-state index is 0.252. The Morgan fingerprint density at radius 2 is 1.94 bits per heavy atom. The van der Waals surface area contributed by atoms with E-state index in [4.69, 9.17) is 10.5 Å². The van der Waals surface area contributed by atoms with E-state index in [9.17, 15) is 0 Å². The molecule has 2 saturated heterocycles. The fourth-order valence-electron chi connectivity index (χ4n) is 3.20. The summed E-state index contributed by atoms with van der Waals surface area (Å²) in [7, 11) is 0. The molecule has 17 heavy (non-hydrogen) atoms. The summed E-state index contributed by atoms with van der Waals surface area (Å²) in [6, 6.07) is 0.926. The zero-order chi connectivity index (χ0) is 11.7. The molecule has 0 radical (unpaired) electrons. The molecular weight excluding hydrogens is 214 g/mol. The number of nitrogens with zero attached hydrogens (tertiary/aromatic N) is 2. The van der Waals surface area contributed by atoms with Gasteiger partial charge in [0.15, 0.2) is 0 Å². The summed E-state index contributed by atoms with van der Waals surface area (Å²) in [4.78, 5) is 5.26. The van der Waals surface area contributed by atoms with E-state index in [0.29, 0.717) is 0 Å². The van der Waals surface area contributed by atoms with Gasteiger partial charge in [-0.1, -0.05) is 0 Å². The van der Waals surface area contributed by atoms with Crippen LogP contribution >= 0.6 is 0 Å². The van der Waals surface area contributed by atoms with Crippen molar-refractivity contribution in [3.8, 4) is 0 Å². The predicted octanol–water partition coefficient (Wildman–Crippen LogP) is 0.132. The molecule has 4 heteroatoms. The van der Waals surface area contributed by atoms with Crippen molar-refractivity contribution in [1.82, 2.24) is 9.80 Å². The third-order valence-electron chi connectivity index (χ3n) is 4.65. The molecule has 0 spiro atoms. The van der Waals surface area contributed by atoms with Crippen molar-refractivity contribution in [2.45, 2.75) is 25.3 Å². The normalized spacial score (nSPS) is 36.5. The second kappa shape index (κ2) is 4.84. The van der Waals surface area contributed by atoms with Crippen molar-refractivity contribution in [3.05, 3.63) is 0 Å². The fourth-order valence-corrected chi connectivity index (χ4v) is 3.20. The molecule has 1 atom stereocenters. The average molecular weight is 239 g/mol. The molecule has 0 aromatic heterocycles. The minimum absolute atomic E-state index is 0.252. The van der Waals surface area contributed by atoms with Crippen molar-refractivity contribution < 1.29 is 4.74 Å². The Morgan fingerprint density at radius 3 is 2.47 bits per heavy atom. The van der Waals surface area contributed by atoms with Crippen LogP contribution in [0.3, 0.4) is 0 Å². The largest absolute Gasteiger partial charge is 0.381 e. The van der Waals surface area contributed by atoms with Gasteiger partial charge in [-0.2, -0.15) is 0 Å². The highest BCUT2D eigenvalue weighted by atomic mass is 16.5. The molecule has 98 valence electrons. The van der Waals surface area contributed by atoms with Crippen molar-refractivity contribution in [2.24, 2.45) is 11.1 Å². The first kappa shape index (κ1) is 11.9. The van der Waals surface area contributed by atoms with Crippen LogP contribution < -0.4 is 5.73 Å². The third-order valence-corrected chi connectivity index (χ3v) is 4.65. The Balaban J connectivity index is 1.49. The van der Waals surface area contributed by atoms with Gasteiger partial charge in [-0.15, -0.1) is 0 Å². The average Bonchev–Trinajstić information content (AvgIpc) is 3.11. The molecule has 3 fully saturated rings. The molecule has 1 saturated carbocycles. The molecule has 0 amide bonds. The van der Waals surface area contributed by atoms with Gasteiger partial charge in [0, 0.05) is 57.3 Å². The summed E-state index contributed by atoms with van der Waals surface area (Å²) in [6.07, 6.45) is 4.01. The van der Waals surface area contributed by atoms with E-state index >= 15 is 0 Å². The second-order valence-electron chi connectivity index (χ2n) is 6.05. The smallest absolute Gasteiger partial charge is 0.0547 e. The van der Waals surface area contributed by atoms with Gasteiger partial charge in [0.2, 0.25) is 0 Å². The number of hydrogen-bond donors (Lipinski definition) is 1. The Bertz CT molecular complexity index is 253. The van der Waals surface area contributed by atoms with Gasteiger partial charge in [0.1, 0.15) is 0 Å². The van der Waals surface area contributed by atoms with Crippen molar-refractivity contribution >= 4 is 0 Å². The van der Waals surface area contributed by atoms with Gasteiger partial charge in [-0.05, 0) is 19.3 Å². The molecule has 3 aliphatic rings. The molecule has 0 bridgehead atoms. The zero-order valence-electron chi connectivity index (χ0n) is 10.7. The van der Waals surface area contributed by atoms with Crippen LogP contribution in [-0.4, -0.2) is 68.3 Å². The maximum absolute atomic E-state index is 5.95. The monoisotopic (exact) mass is 239 g/mol. The van der Waals surface area contributed by atoms with E-state index < -0.39 is 0 Å². The van der Waals surface area contributed by atoms with E-state index in [-0.39, 0.29) is 5.41 Å². The summed E-state index contributed by atoms with van der Waals surface area (Å²) in [6.45, 7) is 8.64. The number of ether oxygens (including phenoxy) is 1. The Kier molecular flexibility index (Phi) is 3.39. The lowest BCUT2D eigenvalue weighted by molar-refractivity contribution is 0.0726. The summed E-state index contributed by atoms with van der Waals surface area (Å²) in [5.41, 5.74) is 6.21. The molecule has 1 aliphatic carbocycles. The Morgan fingerprint density at radius 1 is 1.18 bits per heavy atom. The topological polar surface area (TPSA) is 41.7 Å². The van der Waals surface area contributed by atoms with Crippen molar-refractivity contribution in [1.29, 1.82) is 0 Å². The maximum Gasteiger partial charge on any atom is 0.0547 e. The van der Waals surface area contributed by atoms with Gasteiger partial charge in [0.25, 0.3) is 0 Å². The molecular formula is C13H25N3O. The molecule has 4 nitrogen and oxygen atoms in total. The van der Waals surface area contributed by atoms with E-state index in [1.165, 1.54) is 39.0 Å². The molecule has 0 aromatic carbocycles. The van der Waals surface area contributed by atoms with Crippen molar-refractivity contribution in [2.75, 3.05) is 52.5 Å². The minimum Gasteiger partial charge on any atom is -0.381 e. The van der Waals surface area contributed by atoms with Gasteiger partial charge < -0.3 is 15.4 Å².